The highest BCUT2D eigenvalue weighted by Gasteiger charge is 2.16. The Balaban J connectivity index is 0.00000220. The molecule has 2 rings (SSSR count). The van der Waals surface area contributed by atoms with Crippen LogP contribution < -0.4 is 29.5 Å². The molecule has 0 atom stereocenters. The average molecular weight is 358 g/mol. The second-order valence-corrected chi connectivity index (χ2v) is 5.53. The zero-order chi connectivity index (χ0) is 14.6. The van der Waals surface area contributed by atoms with Gasteiger partial charge in [-0.15, -0.1) is 0 Å². The number of diazo groups is 2. The molecule has 10 heteroatoms. The topological polar surface area (TPSA) is 102 Å². The maximum atomic E-state index is 12.1. The molecule has 0 saturated heterocycles. The van der Waals surface area contributed by atoms with Crippen molar-refractivity contribution in [3.05, 3.63) is 58.5 Å². The first kappa shape index (κ1) is 19.6. The van der Waals surface area contributed by atoms with Crippen molar-refractivity contribution in [3.8, 4) is 0 Å². The molecule has 2 aromatic rings. The summed E-state index contributed by atoms with van der Waals surface area (Å²) in [6.45, 7) is 0. The number of rotatable bonds is 3. The van der Waals surface area contributed by atoms with Crippen molar-refractivity contribution in [2.45, 2.75) is 4.90 Å². The number of sulfonamides is 1. The molecule has 114 valence electrons. The predicted octanol–water partition coefficient (Wildman–Crippen LogP) is -2.54. The molecule has 2 aromatic carbocycles. The molecule has 0 aliphatic carbocycles. The van der Waals surface area contributed by atoms with Crippen LogP contribution in [-0.4, -0.2) is 8.42 Å². The highest BCUT2D eigenvalue weighted by molar-refractivity contribution is 7.92. The van der Waals surface area contributed by atoms with Gasteiger partial charge in [-0.25, -0.2) is 8.42 Å². The van der Waals surface area contributed by atoms with Crippen LogP contribution >= 0.6 is 0 Å². The largest absolute Gasteiger partial charge is 1.00 e. The van der Waals surface area contributed by atoms with Crippen molar-refractivity contribution in [1.82, 2.24) is 0 Å². The fourth-order valence-corrected chi connectivity index (χ4v) is 2.56. The lowest BCUT2D eigenvalue weighted by Gasteiger charge is -2.06. The third kappa shape index (κ3) is 4.57. The van der Waals surface area contributed by atoms with E-state index in [1.54, 1.807) is 0 Å². The number of hydrogen-bond donors (Lipinski definition) is 1. The summed E-state index contributed by atoms with van der Waals surface area (Å²) in [5.41, 5.74) is 0.924. The van der Waals surface area contributed by atoms with E-state index in [2.05, 4.69) is 14.7 Å². The van der Waals surface area contributed by atoms with E-state index in [9.17, 15) is 8.42 Å². The maximum absolute atomic E-state index is 12.1. The first-order valence-corrected chi connectivity index (χ1v) is 6.96. The molecule has 0 fully saturated rings. The lowest BCUT2D eigenvalue weighted by molar-refractivity contribution is -0.001000. The van der Waals surface area contributed by atoms with Crippen LogP contribution in [0.15, 0.2) is 53.4 Å². The van der Waals surface area contributed by atoms with Crippen molar-refractivity contribution >= 4 is 27.1 Å². The Morgan fingerprint density at radius 1 is 0.773 bits per heavy atom. The van der Waals surface area contributed by atoms with Crippen LogP contribution in [0.25, 0.3) is 9.95 Å². The van der Waals surface area contributed by atoms with Gasteiger partial charge in [0, 0.05) is 30.0 Å². The third-order valence-corrected chi connectivity index (χ3v) is 3.89. The normalized spacial score (nSPS) is 9.36. The second kappa shape index (κ2) is 8.15. The summed E-state index contributed by atoms with van der Waals surface area (Å²) >= 11 is 0. The number of nitrogens with zero attached hydrogens (tertiary/aromatic N) is 4. The highest BCUT2D eigenvalue weighted by Crippen LogP contribution is 2.21. The maximum Gasteiger partial charge on any atom is 0.385 e. The molecule has 0 aliphatic heterocycles. The van der Waals surface area contributed by atoms with Crippen molar-refractivity contribution in [1.29, 1.82) is 10.8 Å². The fraction of sp³-hybridized carbons (Fsp3) is 0. The van der Waals surface area contributed by atoms with Gasteiger partial charge in [0.2, 0.25) is 10.8 Å². The molecule has 0 heterocycles. The van der Waals surface area contributed by atoms with Gasteiger partial charge in [-0.3, -0.25) is 4.72 Å². The molecule has 0 amide bonds. The Labute approximate surface area is 139 Å². The van der Waals surface area contributed by atoms with Gasteiger partial charge in [0.05, 0.1) is 4.90 Å². The SMILES string of the molecule is N#[N+]c1ccc(NS(=O)(=O)c2ccc([N+]#N)cc2)cc1.[Cl-].[Cl-]. The van der Waals surface area contributed by atoms with E-state index < -0.39 is 10.0 Å². The number of benzene rings is 2. The van der Waals surface area contributed by atoms with E-state index in [1.165, 1.54) is 48.5 Å². The van der Waals surface area contributed by atoms with Crippen molar-refractivity contribution in [2.75, 3.05) is 4.72 Å². The first-order chi connectivity index (χ1) is 9.55. The molecule has 1 N–H and O–H groups in total. The van der Waals surface area contributed by atoms with Crippen molar-refractivity contribution in [3.63, 3.8) is 0 Å². The van der Waals surface area contributed by atoms with Crippen molar-refractivity contribution in [2.24, 2.45) is 0 Å². The van der Waals surface area contributed by atoms with E-state index in [1.807, 2.05) is 0 Å². The minimum Gasteiger partial charge on any atom is -1.00 e. The van der Waals surface area contributed by atoms with Crippen LogP contribution in [0.5, 0.6) is 0 Å². The van der Waals surface area contributed by atoms with Gasteiger partial charge in [-0.05, 0) is 24.3 Å². The summed E-state index contributed by atoms with van der Waals surface area (Å²) in [5, 5.41) is 17.1. The Kier molecular flexibility index (Phi) is 7.26. The summed E-state index contributed by atoms with van der Waals surface area (Å²) in [6.07, 6.45) is 0. The second-order valence-electron chi connectivity index (χ2n) is 3.85. The minimum absolute atomic E-state index is 0. The highest BCUT2D eigenvalue weighted by atomic mass is 35.5. The third-order valence-electron chi connectivity index (χ3n) is 2.50. The number of nitrogens with one attached hydrogen (secondary N) is 1. The Morgan fingerprint density at radius 3 is 1.59 bits per heavy atom. The van der Waals surface area contributed by atoms with Gasteiger partial charge >= 0.3 is 11.4 Å². The van der Waals surface area contributed by atoms with E-state index in [-0.39, 0.29) is 35.4 Å². The van der Waals surface area contributed by atoms with Gasteiger partial charge < -0.3 is 24.8 Å². The smallest absolute Gasteiger partial charge is 0.385 e. The zero-order valence-corrected chi connectivity index (χ0v) is 13.2. The van der Waals surface area contributed by atoms with Gasteiger partial charge in [0.15, 0.2) is 9.95 Å². The zero-order valence-electron chi connectivity index (χ0n) is 10.9. The molecule has 0 saturated carbocycles. The fourth-order valence-electron chi connectivity index (χ4n) is 1.50. The van der Waals surface area contributed by atoms with Crippen LogP contribution in [0, 0.1) is 10.8 Å². The Morgan fingerprint density at radius 2 is 1.18 bits per heavy atom. The Bertz CT molecular complexity index is 809. The van der Waals surface area contributed by atoms with E-state index in [0.29, 0.717) is 11.4 Å². The lowest BCUT2D eigenvalue weighted by Crippen LogP contribution is -3.00. The van der Waals surface area contributed by atoms with Crippen LogP contribution in [0.3, 0.4) is 0 Å². The predicted molar refractivity (Wildman–Crippen MR) is 73.2 cm³/mol. The van der Waals surface area contributed by atoms with Gasteiger partial charge in [-0.1, -0.05) is 0 Å². The van der Waals surface area contributed by atoms with E-state index >= 15 is 0 Å². The summed E-state index contributed by atoms with van der Waals surface area (Å²) in [4.78, 5) is 5.96. The van der Waals surface area contributed by atoms with Gasteiger partial charge in [-0.2, -0.15) is 0 Å². The summed E-state index contributed by atoms with van der Waals surface area (Å²) < 4.78 is 26.5. The van der Waals surface area contributed by atoms with E-state index in [0.717, 1.165) is 0 Å². The molecular formula is C12H9Cl2N5O2S. The number of halogens is 2. The molecule has 0 unspecified atom stereocenters. The summed E-state index contributed by atoms with van der Waals surface area (Å²) in [5.74, 6) is 0. The summed E-state index contributed by atoms with van der Waals surface area (Å²) in [7, 11) is -3.72. The molecule has 0 aliphatic rings. The van der Waals surface area contributed by atoms with Crippen LogP contribution in [-0.2, 0) is 10.0 Å². The number of anilines is 1. The monoisotopic (exact) mass is 357 g/mol. The molecule has 7 nitrogen and oxygen atoms in total. The molecule has 0 radical (unpaired) electrons. The number of hydrogen-bond acceptors (Lipinski definition) is 4. The van der Waals surface area contributed by atoms with E-state index in [4.69, 9.17) is 10.8 Å². The van der Waals surface area contributed by atoms with Gasteiger partial charge in [0.25, 0.3) is 10.0 Å². The quantitative estimate of drug-likeness (QED) is 0.611. The van der Waals surface area contributed by atoms with Crippen molar-refractivity contribution < 1.29 is 33.2 Å². The molecular weight excluding hydrogens is 349 g/mol. The molecule has 0 bridgehead atoms. The standard InChI is InChI=1S/C12H9N5O2S.2ClH/c13-15-9-1-3-11(4-2-9)17-20(18,19)12-7-5-10(16-14)6-8-12;;/h1-8,17H;2*1H/q+2;;/p-2. The molecule has 0 spiro atoms. The summed E-state index contributed by atoms with van der Waals surface area (Å²) in [6, 6.07) is 11.3. The Hall–Kier alpha value is -2.39. The minimum atomic E-state index is -3.72. The van der Waals surface area contributed by atoms with Crippen LogP contribution in [0.4, 0.5) is 17.1 Å². The van der Waals surface area contributed by atoms with Crippen LogP contribution in [0.1, 0.15) is 0 Å². The molecule has 22 heavy (non-hydrogen) atoms. The van der Waals surface area contributed by atoms with Gasteiger partial charge in [0.1, 0.15) is 0 Å². The first-order valence-electron chi connectivity index (χ1n) is 5.48. The lowest BCUT2D eigenvalue weighted by atomic mass is 10.3. The average Bonchev–Trinajstić information content (AvgIpc) is 2.48. The van der Waals surface area contributed by atoms with Crippen LogP contribution in [0.2, 0.25) is 0 Å². The molecule has 0 aromatic heterocycles.